The Labute approximate surface area is 128 Å². The molecule has 20 heavy (non-hydrogen) atoms. The Morgan fingerprint density at radius 1 is 0.900 bits per heavy atom. The smallest absolute Gasteiger partial charge is 0.337 e. The first-order valence-electron chi connectivity index (χ1n) is 5.61. The molecule has 0 atom stereocenters. The average Bonchev–Trinajstić information content (AvgIpc) is 2.41. The van der Waals surface area contributed by atoms with Gasteiger partial charge in [0.2, 0.25) is 0 Å². The van der Waals surface area contributed by atoms with E-state index < -0.39 is 11.9 Å². The summed E-state index contributed by atoms with van der Waals surface area (Å²) in [5, 5.41) is 21.2. The third-order valence-corrected chi connectivity index (χ3v) is 3.31. The van der Waals surface area contributed by atoms with E-state index in [2.05, 4.69) is 5.32 Å². The summed E-state index contributed by atoms with van der Waals surface area (Å²) in [5.74, 6) is -2.14. The molecule has 6 heteroatoms. The first kappa shape index (κ1) is 14.3. The van der Waals surface area contributed by atoms with Gasteiger partial charge in [-0.1, -0.05) is 12.1 Å². The molecule has 0 aliphatic heterocycles. The fourth-order valence-corrected chi connectivity index (χ4v) is 2.22. The van der Waals surface area contributed by atoms with Crippen molar-refractivity contribution >= 4 is 45.9 Å². The van der Waals surface area contributed by atoms with Crippen molar-refractivity contribution in [3.63, 3.8) is 0 Å². The van der Waals surface area contributed by atoms with Gasteiger partial charge in [-0.25, -0.2) is 9.59 Å². The molecular weight excluding hydrogens is 373 g/mol. The molecule has 102 valence electrons. The first-order chi connectivity index (χ1) is 9.49. The number of carbonyl (C=O) groups is 2. The molecule has 0 aliphatic carbocycles. The third kappa shape index (κ3) is 3.08. The fraction of sp³-hybridized carbons (Fsp3) is 0. The lowest BCUT2D eigenvalue weighted by Crippen LogP contribution is -2.06. The first-order valence-corrected chi connectivity index (χ1v) is 6.69. The number of carboxylic acids is 2. The number of aromatic carboxylic acids is 2. The summed E-state index contributed by atoms with van der Waals surface area (Å²) in [5.41, 5.74) is 0.884. The van der Waals surface area contributed by atoms with Crippen LogP contribution < -0.4 is 5.32 Å². The van der Waals surface area contributed by atoms with Gasteiger partial charge in [-0.3, -0.25) is 0 Å². The van der Waals surface area contributed by atoms with E-state index in [4.69, 9.17) is 5.11 Å². The van der Waals surface area contributed by atoms with Crippen LogP contribution in [0.1, 0.15) is 20.7 Å². The zero-order valence-electron chi connectivity index (χ0n) is 10.1. The fourth-order valence-electron chi connectivity index (χ4n) is 1.73. The number of para-hydroxylation sites is 1. The van der Waals surface area contributed by atoms with E-state index in [0.717, 1.165) is 3.57 Å². The SMILES string of the molecule is O=C(O)c1ccccc1Nc1ccc(I)cc1C(=O)O. The Morgan fingerprint density at radius 2 is 1.50 bits per heavy atom. The highest BCUT2D eigenvalue weighted by Gasteiger charge is 2.14. The summed E-state index contributed by atoms with van der Waals surface area (Å²) in [6.45, 7) is 0. The Hall–Kier alpha value is -2.09. The molecule has 0 heterocycles. The second-order valence-electron chi connectivity index (χ2n) is 3.97. The summed E-state index contributed by atoms with van der Waals surface area (Å²) < 4.78 is 0.789. The molecule has 0 aliphatic rings. The second kappa shape index (κ2) is 5.91. The predicted octanol–water partition coefficient (Wildman–Crippen LogP) is 3.43. The van der Waals surface area contributed by atoms with Gasteiger partial charge in [0.15, 0.2) is 0 Å². The molecule has 0 amide bonds. The van der Waals surface area contributed by atoms with Crippen LogP contribution in [0.5, 0.6) is 0 Å². The molecule has 5 nitrogen and oxygen atoms in total. The minimum Gasteiger partial charge on any atom is -0.478 e. The molecule has 0 fully saturated rings. The van der Waals surface area contributed by atoms with Crippen molar-refractivity contribution in [2.75, 3.05) is 5.32 Å². The van der Waals surface area contributed by atoms with Crippen LogP contribution in [0.15, 0.2) is 42.5 Å². The number of benzene rings is 2. The van der Waals surface area contributed by atoms with E-state index in [1.165, 1.54) is 12.1 Å². The lowest BCUT2D eigenvalue weighted by atomic mass is 10.1. The number of anilines is 2. The van der Waals surface area contributed by atoms with Crippen LogP contribution in [0.3, 0.4) is 0 Å². The van der Waals surface area contributed by atoms with Crippen molar-refractivity contribution in [1.29, 1.82) is 0 Å². The van der Waals surface area contributed by atoms with Crippen LogP contribution in [0.4, 0.5) is 11.4 Å². The van der Waals surface area contributed by atoms with Gasteiger partial charge in [-0.15, -0.1) is 0 Å². The monoisotopic (exact) mass is 383 g/mol. The van der Waals surface area contributed by atoms with E-state index in [0.29, 0.717) is 11.4 Å². The van der Waals surface area contributed by atoms with Gasteiger partial charge in [0.05, 0.1) is 22.5 Å². The van der Waals surface area contributed by atoms with Crippen LogP contribution in [0.25, 0.3) is 0 Å². The highest BCUT2D eigenvalue weighted by Crippen LogP contribution is 2.25. The Bertz CT molecular complexity index is 685. The summed E-state index contributed by atoms with van der Waals surface area (Å²) in [6, 6.07) is 11.2. The summed E-state index contributed by atoms with van der Waals surface area (Å²) >= 11 is 2.02. The minimum absolute atomic E-state index is 0.0855. The van der Waals surface area contributed by atoms with Crippen LogP contribution in [-0.2, 0) is 0 Å². The van der Waals surface area contributed by atoms with Gasteiger partial charge in [0.1, 0.15) is 0 Å². The van der Waals surface area contributed by atoms with E-state index in [-0.39, 0.29) is 11.1 Å². The van der Waals surface area contributed by atoms with Crippen LogP contribution in [0.2, 0.25) is 0 Å². The average molecular weight is 383 g/mol. The standard InChI is InChI=1S/C14H10INO4/c15-8-5-6-12(10(7-8)14(19)20)16-11-4-2-1-3-9(11)13(17)18/h1-7,16H,(H,17,18)(H,19,20). The molecule has 2 rings (SSSR count). The van der Waals surface area contributed by atoms with Gasteiger partial charge in [-0.05, 0) is 52.9 Å². The summed E-state index contributed by atoms with van der Waals surface area (Å²) in [7, 11) is 0. The zero-order valence-corrected chi connectivity index (χ0v) is 12.3. The van der Waals surface area contributed by atoms with Crippen molar-refractivity contribution in [2.45, 2.75) is 0 Å². The molecule has 0 bridgehead atoms. The quantitative estimate of drug-likeness (QED) is 0.705. The third-order valence-electron chi connectivity index (χ3n) is 2.64. The maximum atomic E-state index is 11.2. The van der Waals surface area contributed by atoms with E-state index >= 15 is 0 Å². The molecule has 0 saturated heterocycles. The van der Waals surface area contributed by atoms with Crippen molar-refractivity contribution in [1.82, 2.24) is 0 Å². The van der Waals surface area contributed by atoms with Crippen LogP contribution >= 0.6 is 22.6 Å². The largest absolute Gasteiger partial charge is 0.478 e. The number of hydrogen-bond donors (Lipinski definition) is 3. The number of rotatable bonds is 4. The Balaban J connectivity index is 2.45. The molecule has 2 aromatic rings. The Kier molecular flexibility index (Phi) is 4.23. The summed E-state index contributed by atoms with van der Waals surface area (Å²) in [4.78, 5) is 22.4. The van der Waals surface area contributed by atoms with Crippen LogP contribution in [-0.4, -0.2) is 22.2 Å². The number of halogens is 1. The van der Waals surface area contributed by atoms with E-state index in [1.807, 2.05) is 22.6 Å². The molecule has 2 aromatic carbocycles. The van der Waals surface area contributed by atoms with Crippen molar-refractivity contribution in [2.24, 2.45) is 0 Å². The highest BCUT2D eigenvalue weighted by atomic mass is 127. The van der Waals surface area contributed by atoms with Gasteiger partial charge >= 0.3 is 11.9 Å². The number of hydrogen-bond acceptors (Lipinski definition) is 3. The second-order valence-corrected chi connectivity index (χ2v) is 5.22. The molecule has 0 unspecified atom stereocenters. The molecule has 0 saturated carbocycles. The van der Waals surface area contributed by atoms with E-state index in [9.17, 15) is 14.7 Å². The Morgan fingerprint density at radius 3 is 2.15 bits per heavy atom. The maximum absolute atomic E-state index is 11.2. The van der Waals surface area contributed by atoms with E-state index in [1.54, 1.807) is 30.3 Å². The van der Waals surface area contributed by atoms with Gasteiger partial charge in [-0.2, -0.15) is 0 Å². The molecular formula is C14H10INO4. The predicted molar refractivity (Wildman–Crippen MR) is 82.8 cm³/mol. The highest BCUT2D eigenvalue weighted by molar-refractivity contribution is 14.1. The lowest BCUT2D eigenvalue weighted by Gasteiger charge is -2.12. The topological polar surface area (TPSA) is 86.6 Å². The molecule has 0 spiro atoms. The summed E-state index contributed by atoms with van der Waals surface area (Å²) in [6.07, 6.45) is 0. The number of carboxylic acid groups (broad SMARTS) is 2. The van der Waals surface area contributed by atoms with Gasteiger partial charge in [0, 0.05) is 3.57 Å². The van der Waals surface area contributed by atoms with Crippen molar-refractivity contribution in [3.05, 3.63) is 57.2 Å². The van der Waals surface area contributed by atoms with Gasteiger partial charge in [0.25, 0.3) is 0 Å². The maximum Gasteiger partial charge on any atom is 0.337 e. The normalized spacial score (nSPS) is 10.1. The van der Waals surface area contributed by atoms with Crippen molar-refractivity contribution in [3.8, 4) is 0 Å². The lowest BCUT2D eigenvalue weighted by molar-refractivity contribution is 0.0688. The van der Waals surface area contributed by atoms with Crippen LogP contribution in [0, 0.1) is 3.57 Å². The zero-order chi connectivity index (χ0) is 14.7. The molecule has 0 aromatic heterocycles. The van der Waals surface area contributed by atoms with Crippen molar-refractivity contribution < 1.29 is 19.8 Å². The minimum atomic E-state index is -1.07. The number of nitrogens with one attached hydrogen (secondary N) is 1. The molecule has 3 N–H and O–H groups in total. The molecule has 0 radical (unpaired) electrons. The van der Waals surface area contributed by atoms with Gasteiger partial charge < -0.3 is 15.5 Å².